The van der Waals surface area contributed by atoms with Gasteiger partial charge in [-0.05, 0) is 31.6 Å². The lowest BCUT2D eigenvalue weighted by molar-refractivity contribution is -0.226. The Balaban J connectivity index is 2.61. The minimum atomic E-state index is -4.53. The van der Waals surface area contributed by atoms with Gasteiger partial charge in [-0.2, -0.15) is 17.6 Å². The van der Waals surface area contributed by atoms with Gasteiger partial charge in [0.05, 0.1) is 0 Å². The Hall–Kier alpha value is -0.610. The molecule has 5 heteroatoms. The van der Waals surface area contributed by atoms with Crippen LogP contribution in [0, 0.1) is 11.8 Å². The van der Waals surface area contributed by atoms with Crippen molar-refractivity contribution in [3.05, 3.63) is 0 Å². The molecular weight excluding hydrogens is 236 g/mol. The summed E-state index contributed by atoms with van der Waals surface area (Å²) in [6, 6.07) is 0. The highest BCUT2D eigenvalue weighted by atomic mass is 19.3. The smallest absolute Gasteiger partial charge is 0.296 e. The van der Waals surface area contributed by atoms with Gasteiger partial charge in [-0.1, -0.05) is 19.8 Å². The Morgan fingerprint density at radius 2 is 1.65 bits per heavy atom. The van der Waals surface area contributed by atoms with Gasteiger partial charge >= 0.3 is 11.8 Å². The molecule has 0 aromatic rings. The van der Waals surface area contributed by atoms with Crippen molar-refractivity contribution in [2.24, 2.45) is 11.8 Å². The molecule has 1 fully saturated rings. The van der Waals surface area contributed by atoms with Crippen LogP contribution in [0.5, 0.6) is 0 Å². The lowest BCUT2D eigenvalue weighted by Gasteiger charge is -2.35. The van der Waals surface area contributed by atoms with Crippen molar-refractivity contribution < 1.29 is 22.4 Å². The van der Waals surface area contributed by atoms with E-state index in [9.17, 15) is 22.4 Å². The maximum absolute atomic E-state index is 13.4. The molecule has 17 heavy (non-hydrogen) atoms. The van der Waals surface area contributed by atoms with E-state index >= 15 is 0 Å². The van der Waals surface area contributed by atoms with E-state index < -0.39 is 24.0 Å². The van der Waals surface area contributed by atoms with Gasteiger partial charge in [-0.25, -0.2) is 0 Å². The lowest BCUT2D eigenvalue weighted by Crippen LogP contribution is -2.48. The first-order chi connectivity index (χ1) is 7.85. The van der Waals surface area contributed by atoms with Crippen LogP contribution in [0.1, 0.15) is 45.4 Å². The van der Waals surface area contributed by atoms with Crippen molar-refractivity contribution in [1.82, 2.24) is 0 Å². The monoisotopic (exact) mass is 254 g/mol. The van der Waals surface area contributed by atoms with Crippen LogP contribution in [0.25, 0.3) is 0 Å². The Morgan fingerprint density at radius 1 is 1.12 bits per heavy atom. The Bertz CT molecular complexity index is 257. The summed E-state index contributed by atoms with van der Waals surface area (Å²) in [6.07, 6.45) is 2.30. The summed E-state index contributed by atoms with van der Waals surface area (Å²) in [7, 11) is 0. The van der Waals surface area contributed by atoms with Gasteiger partial charge in [0.25, 0.3) is 0 Å². The molecule has 0 amide bonds. The highest BCUT2D eigenvalue weighted by Crippen LogP contribution is 2.46. The quantitative estimate of drug-likeness (QED) is 0.534. The zero-order valence-corrected chi connectivity index (χ0v) is 9.89. The zero-order valence-electron chi connectivity index (χ0n) is 9.89. The average molecular weight is 254 g/mol. The van der Waals surface area contributed by atoms with Crippen LogP contribution >= 0.6 is 0 Å². The van der Waals surface area contributed by atoms with Crippen LogP contribution in [0.3, 0.4) is 0 Å². The molecule has 0 atom stereocenters. The molecule has 0 aliphatic heterocycles. The normalized spacial score (nSPS) is 26.9. The minimum Gasteiger partial charge on any atom is -0.296 e. The van der Waals surface area contributed by atoms with Crippen LogP contribution in [0.4, 0.5) is 17.6 Å². The highest BCUT2D eigenvalue weighted by Gasteiger charge is 2.60. The Morgan fingerprint density at radius 3 is 2.06 bits per heavy atom. The molecule has 1 nitrogen and oxygen atoms in total. The molecule has 1 rings (SSSR count). The van der Waals surface area contributed by atoms with Crippen molar-refractivity contribution in [2.75, 3.05) is 0 Å². The summed E-state index contributed by atoms with van der Waals surface area (Å²) in [5.41, 5.74) is 0. The van der Waals surface area contributed by atoms with Crippen LogP contribution in [0.15, 0.2) is 0 Å². The molecule has 0 spiro atoms. The highest BCUT2D eigenvalue weighted by molar-refractivity contribution is 5.61. The van der Waals surface area contributed by atoms with Gasteiger partial charge in [0.2, 0.25) is 0 Å². The summed E-state index contributed by atoms with van der Waals surface area (Å²) in [4.78, 5) is 10.1. The summed E-state index contributed by atoms with van der Waals surface area (Å²) in [5.74, 6) is -9.73. The lowest BCUT2D eigenvalue weighted by atomic mass is 9.76. The molecule has 0 aromatic heterocycles. The first-order valence-corrected chi connectivity index (χ1v) is 6.07. The predicted molar refractivity (Wildman–Crippen MR) is 56.3 cm³/mol. The predicted octanol–water partition coefficient (Wildman–Crippen LogP) is 4.06. The van der Waals surface area contributed by atoms with E-state index in [1.165, 1.54) is 0 Å². The Kier molecular flexibility index (Phi) is 4.55. The van der Waals surface area contributed by atoms with E-state index in [-0.39, 0.29) is 12.8 Å². The maximum atomic E-state index is 13.4. The number of aldehydes is 1. The van der Waals surface area contributed by atoms with Crippen molar-refractivity contribution in [2.45, 2.75) is 57.3 Å². The van der Waals surface area contributed by atoms with E-state index in [4.69, 9.17) is 0 Å². The molecule has 0 N–H and O–H groups in total. The largest absolute Gasteiger partial charge is 0.364 e. The molecule has 0 heterocycles. The summed E-state index contributed by atoms with van der Waals surface area (Å²) in [6.45, 7) is 2.02. The number of halogens is 4. The first-order valence-electron chi connectivity index (χ1n) is 6.07. The fraction of sp³-hybridized carbons (Fsp3) is 0.917. The molecule has 0 unspecified atom stereocenters. The van der Waals surface area contributed by atoms with E-state index in [1.807, 2.05) is 6.92 Å². The number of carbonyl (C=O) groups excluding carboxylic acids is 1. The van der Waals surface area contributed by atoms with Crippen molar-refractivity contribution in [1.29, 1.82) is 0 Å². The third-order valence-corrected chi connectivity index (χ3v) is 3.65. The maximum Gasteiger partial charge on any atom is 0.364 e. The van der Waals surface area contributed by atoms with Gasteiger partial charge < -0.3 is 0 Å². The van der Waals surface area contributed by atoms with Gasteiger partial charge in [-0.3, -0.25) is 4.79 Å². The molecular formula is C12H18F4O. The molecule has 0 radical (unpaired) electrons. The summed E-state index contributed by atoms with van der Waals surface area (Å²) >= 11 is 0. The van der Waals surface area contributed by atoms with Gasteiger partial charge in [0.15, 0.2) is 6.29 Å². The molecule has 1 aliphatic carbocycles. The third-order valence-electron chi connectivity index (χ3n) is 3.65. The van der Waals surface area contributed by atoms with E-state index in [2.05, 4.69) is 0 Å². The Labute approximate surface area is 98.6 Å². The number of alkyl halides is 4. The number of hydrogen-bond acceptors (Lipinski definition) is 1. The van der Waals surface area contributed by atoms with Gasteiger partial charge in [0, 0.05) is 5.92 Å². The molecule has 0 aromatic carbocycles. The van der Waals surface area contributed by atoms with Crippen LogP contribution in [-0.4, -0.2) is 18.1 Å². The van der Waals surface area contributed by atoms with E-state index in [1.54, 1.807) is 0 Å². The SMILES string of the molecule is CCCC1CCC(C(F)(F)C(F)(F)C=O)CC1. The van der Waals surface area contributed by atoms with Crippen LogP contribution < -0.4 is 0 Å². The van der Waals surface area contributed by atoms with Crippen molar-refractivity contribution in [3.63, 3.8) is 0 Å². The molecule has 1 saturated carbocycles. The number of carbonyl (C=O) groups is 1. The average Bonchev–Trinajstić information content (AvgIpc) is 2.30. The second kappa shape index (κ2) is 5.36. The first kappa shape index (κ1) is 14.5. The topological polar surface area (TPSA) is 17.1 Å². The summed E-state index contributed by atoms with van der Waals surface area (Å²) < 4.78 is 52.5. The molecule has 0 saturated heterocycles. The number of rotatable bonds is 5. The fourth-order valence-corrected chi connectivity index (χ4v) is 2.57. The van der Waals surface area contributed by atoms with Gasteiger partial charge in [-0.15, -0.1) is 0 Å². The standard InChI is InChI=1S/C12H18F4O/c1-2-3-9-4-6-10(7-5-9)12(15,16)11(13,14)8-17/h8-10H,2-7H2,1H3. The van der Waals surface area contributed by atoms with E-state index in [0.29, 0.717) is 18.8 Å². The zero-order chi connectivity index (χ0) is 13.1. The second-order valence-corrected chi connectivity index (χ2v) is 4.87. The molecule has 1 aliphatic rings. The minimum absolute atomic E-state index is 0.0844. The van der Waals surface area contributed by atoms with Gasteiger partial charge in [0.1, 0.15) is 0 Å². The van der Waals surface area contributed by atoms with Crippen LogP contribution in [0.2, 0.25) is 0 Å². The van der Waals surface area contributed by atoms with Crippen LogP contribution in [-0.2, 0) is 4.79 Å². The van der Waals surface area contributed by atoms with Crippen molar-refractivity contribution in [3.8, 4) is 0 Å². The number of hydrogen-bond donors (Lipinski definition) is 0. The fourth-order valence-electron chi connectivity index (χ4n) is 2.57. The van der Waals surface area contributed by atoms with E-state index in [0.717, 1.165) is 12.8 Å². The molecule has 100 valence electrons. The third kappa shape index (κ3) is 2.99. The second-order valence-electron chi connectivity index (χ2n) is 4.87. The molecule has 0 bridgehead atoms. The van der Waals surface area contributed by atoms with Crippen molar-refractivity contribution >= 4 is 6.29 Å². The summed E-state index contributed by atoms with van der Waals surface area (Å²) in [5, 5.41) is 0.